The number of ether oxygens (including phenoxy) is 2. The molecule has 29 heavy (non-hydrogen) atoms. The highest BCUT2D eigenvalue weighted by Crippen LogP contribution is 2.38. The van der Waals surface area contributed by atoms with Crippen molar-refractivity contribution in [2.24, 2.45) is 0 Å². The van der Waals surface area contributed by atoms with Gasteiger partial charge >= 0.3 is 0 Å². The van der Waals surface area contributed by atoms with Gasteiger partial charge in [-0.3, -0.25) is 9.59 Å². The zero-order valence-corrected chi connectivity index (χ0v) is 16.1. The molecule has 4 rings (SSSR count). The monoisotopic (exact) mass is 388 g/mol. The van der Waals surface area contributed by atoms with Gasteiger partial charge in [-0.1, -0.05) is 12.1 Å². The molecule has 146 valence electrons. The molecule has 0 saturated heterocycles. The quantitative estimate of drug-likeness (QED) is 0.702. The van der Waals surface area contributed by atoms with Crippen LogP contribution in [0.25, 0.3) is 0 Å². The summed E-state index contributed by atoms with van der Waals surface area (Å²) in [6.45, 7) is 2.47. The molecule has 0 aliphatic carbocycles. The molecule has 0 spiro atoms. The van der Waals surface area contributed by atoms with Gasteiger partial charge in [0.1, 0.15) is 11.5 Å². The Balaban J connectivity index is 1.58. The van der Waals surface area contributed by atoms with E-state index in [1.54, 1.807) is 54.4 Å². The Morgan fingerprint density at radius 3 is 2.55 bits per heavy atom. The van der Waals surface area contributed by atoms with Gasteiger partial charge in [0.2, 0.25) is 0 Å². The fraction of sp³-hybridized carbons (Fsp3) is 0.130. The molecule has 2 amide bonds. The molecule has 1 heterocycles. The lowest BCUT2D eigenvalue weighted by atomic mass is 10.1. The Morgan fingerprint density at radius 1 is 1.03 bits per heavy atom. The van der Waals surface area contributed by atoms with Crippen LogP contribution in [0.3, 0.4) is 0 Å². The molecule has 3 aromatic rings. The first-order valence-corrected chi connectivity index (χ1v) is 9.30. The van der Waals surface area contributed by atoms with E-state index in [1.807, 2.05) is 31.2 Å². The second kappa shape index (κ2) is 7.67. The highest BCUT2D eigenvalue weighted by atomic mass is 16.5. The van der Waals surface area contributed by atoms with E-state index in [0.29, 0.717) is 46.4 Å². The molecule has 0 unspecified atom stereocenters. The van der Waals surface area contributed by atoms with Crippen molar-refractivity contribution in [3.8, 4) is 17.2 Å². The number of nitrogens with one attached hydrogen (secondary N) is 1. The van der Waals surface area contributed by atoms with Gasteiger partial charge < -0.3 is 19.7 Å². The minimum atomic E-state index is -0.272. The topological polar surface area (TPSA) is 67.9 Å². The van der Waals surface area contributed by atoms with Crippen LogP contribution in [0.15, 0.2) is 66.7 Å². The predicted octanol–water partition coefficient (Wildman–Crippen LogP) is 4.72. The summed E-state index contributed by atoms with van der Waals surface area (Å²) >= 11 is 0. The number of hydrogen-bond acceptors (Lipinski definition) is 4. The summed E-state index contributed by atoms with van der Waals surface area (Å²) in [5, 5.41) is 2.83. The van der Waals surface area contributed by atoms with Crippen LogP contribution in [-0.4, -0.2) is 25.5 Å². The van der Waals surface area contributed by atoms with Crippen LogP contribution >= 0.6 is 0 Å². The number of carbonyl (C=O) groups is 2. The van der Waals surface area contributed by atoms with E-state index in [-0.39, 0.29) is 11.8 Å². The Bertz CT molecular complexity index is 1080. The van der Waals surface area contributed by atoms with Gasteiger partial charge in [0, 0.05) is 18.3 Å². The maximum atomic E-state index is 12.9. The van der Waals surface area contributed by atoms with Gasteiger partial charge in [-0.15, -0.1) is 0 Å². The third-order valence-electron chi connectivity index (χ3n) is 4.65. The van der Waals surface area contributed by atoms with Gasteiger partial charge in [0.05, 0.1) is 17.9 Å². The SMILES string of the molecule is CCOc1ccc(C(=O)Nc2ccc3c(c2)C(=O)N(C)c2ccccc2O3)cc1. The maximum Gasteiger partial charge on any atom is 0.261 e. The largest absolute Gasteiger partial charge is 0.494 e. The number of nitrogens with zero attached hydrogens (tertiary/aromatic N) is 1. The number of para-hydroxylation sites is 2. The minimum Gasteiger partial charge on any atom is -0.494 e. The summed E-state index contributed by atoms with van der Waals surface area (Å²) < 4.78 is 11.3. The zero-order valence-electron chi connectivity index (χ0n) is 16.1. The second-order valence-corrected chi connectivity index (χ2v) is 6.56. The van der Waals surface area contributed by atoms with Crippen molar-refractivity contribution in [1.82, 2.24) is 0 Å². The van der Waals surface area contributed by atoms with Crippen molar-refractivity contribution < 1.29 is 19.1 Å². The summed E-state index contributed by atoms with van der Waals surface area (Å²) in [4.78, 5) is 27.0. The first-order valence-electron chi connectivity index (χ1n) is 9.30. The first-order chi connectivity index (χ1) is 14.1. The minimum absolute atomic E-state index is 0.206. The normalized spacial score (nSPS) is 12.3. The van der Waals surface area contributed by atoms with E-state index >= 15 is 0 Å². The molecule has 0 saturated carbocycles. The molecule has 1 aliphatic heterocycles. The van der Waals surface area contributed by atoms with E-state index in [2.05, 4.69) is 5.32 Å². The van der Waals surface area contributed by atoms with Gasteiger partial charge in [-0.25, -0.2) is 0 Å². The van der Waals surface area contributed by atoms with Crippen molar-refractivity contribution in [2.75, 3.05) is 23.9 Å². The molecule has 3 aromatic carbocycles. The Labute approximate surface area is 168 Å². The molecule has 6 heteroatoms. The lowest BCUT2D eigenvalue weighted by Crippen LogP contribution is -2.25. The number of anilines is 2. The molecule has 6 nitrogen and oxygen atoms in total. The van der Waals surface area contributed by atoms with E-state index < -0.39 is 0 Å². The van der Waals surface area contributed by atoms with Crippen LogP contribution in [-0.2, 0) is 0 Å². The molecule has 0 atom stereocenters. The zero-order chi connectivity index (χ0) is 20.4. The fourth-order valence-corrected chi connectivity index (χ4v) is 3.17. The molecule has 0 fully saturated rings. The Kier molecular flexibility index (Phi) is 4.91. The standard InChI is InChI=1S/C23H20N2O4/c1-3-28-17-11-8-15(9-12-17)22(26)24-16-10-13-20-18(14-16)23(27)25(2)19-6-4-5-7-21(19)29-20/h4-14H,3H2,1-2H3,(H,24,26). The van der Waals surface area contributed by atoms with Crippen LogP contribution in [0.1, 0.15) is 27.6 Å². The van der Waals surface area contributed by atoms with Crippen molar-refractivity contribution in [3.05, 3.63) is 77.9 Å². The summed E-state index contributed by atoms with van der Waals surface area (Å²) in [6.07, 6.45) is 0. The van der Waals surface area contributed by atoms with E-state index in [9.17, 15) is 9.59 Å². The van der Waals surface area contributed by atoms with Gasteiger partial charge in [0.25, 0.3) is 11.8 Å². The van der Waals surface area contributed by atoms with Crippen LogP contribution in [0.4, 0.5) is 11.4 Å². The molecule has 0 aromatic heterocycles. The molecule has 0 radical (unpaired) electrons. The lowest BCUT2D eigenvalue weighted by molar-refractivity contribution is 0.0990. The second-order valence-electron chi connectivity index (χ2n) is 6.56. The van der Waals surface area contributed by atoms with E-state index in [4.69, 9.17) is 9.47 Å². The molecular weight excluding hydrogens is 368 g/mol. The predicted molar refractivity (Wildman–Crippen MR) is 111 cm³/mol. The van der Waals surface area contributed by atoms with Crippen molar-refractivity contribution >= 4 is 23.2 Å². The number of benzene rings is 3. The van der Waals surface area contributed by atoms with Gasteiger partial charge in [0.15, 0.2) is 5.75 Å². The van der Waals surface area contributed by atoms with Crippen LogP contribution < -0.4 is 19.7 Å². The van der Waals surface area contributed by atoms with Crippen molar-refractivity contribution in [2.45, 2.75) is 6.92 Å². The highest BCUT2D eigenvalue weighted by molar-refractivity contribution is 6.11. The smallest absolute Gasteiger partial charge is 0.261 e. The molecule has 0 bridgehead atoms. The summed E-state index contributed by atoms with van der Waals surface area (Å²) in [7, 11) is 1.70. The summed E-state index contributed by atoms with van der Waals surface area (Å²) in [5.41, 5.74) is 2.08. The number of hydrogen-bond donors (Lipinski definition) is 1. The van der Waals surface area contributed by atoms with Gasteiger partial charge in [-0.2, -0.15) is 0 Å². The van der Waals surface area contributed by atoms with Crippen LogP contribution in [0.2, 0.25) is 0 Å². The van der Waals surface area contributed by atoms with Crippen molar-refractivity contribution in [3.63, 3.8) is 0 Å². The fourth-order valence-electron chi connectivity index (χ4n) is 3.17. The average molecular weight is 388 g/mol. The molecular formula is C23H20N2O4. The number of rotatable bonds is 4. The Hall–Kier alpha value is -3.80. The number of amides is 2. The van der Waals surface area contributed by atoms with Crippen molar-refractivity contribution in [1.29, 1.82) is 0 Å². The number of fused-ring (bicyclic) bond motifs is 2. The molecule has 1 aliphatic rings. The molecule has 1 N–H and O–H groups in total. The van der Waals surface area contributed by atoms with Crippen LogP contribution in [0.5, 0.6) is 17.2 Å². The third-order valence-corrected chi connectivity index (χ3v) is 4.65. The maximum absolute atomic E-state index is 12.9. The summed E-state index contributed by atoms with van der Waals surface area (Å²) in [5.74, 6) is 1.28. The van der Waals surface area contributed by atoms with Gasteiger partial charge in [-0.05, 0) is 61.5 Å². The summed E-state index contributed by atoms with van der Waals surface area (Å²) in [6, 6.07) is 19.3. The first kappa shape index (κ1) is 18.6. The Morgan fingerprint density at radius 2 is 1.79 bits per heavy atom. The number of carbonyl (C=O) groups excluding carboxylic acids is 2. The third kappa shape index (κ3) is 3.65. The van der Waals surface area contributed by atoms with Crippen LogP contribution in [0, 0.1) is 0 Å². The lowest BCUT2D eigenvalue weighted by Gasteiger charge is -2.16. The van der Waals surface area contributed by atoms with E-state index in [0.717, 1.165) is 0 Å². The highest BCUT2D eigenvalue weighted by Gasteiger charge is 2.26. The average Bonchev–Trinajstić information content (AvgIpc) is 2.84. The van der Waals surface area contributed by atoms with E-state index in [1.165, 1.54) is 0 Å².